The minimum absolute atomic E-state index is 0.132. The number of ether oxygens (including phenoxy) is 1. The number of nitriles is 1. The van der Waals surface area contributed by atoms with Gasteiger partial charge in [0.1, 0.15) is 29.5 Å². The van der Waals surface area contributed by atoms with Gasteiger partial charge in [-0.15, -0.1) is 0 Å². The molecule has 0 spiro atoms. The van der Waals surface area contributed by atoms with Crippen molar-refractivity contribution >= 4 is 17.2 Å². The van der Waals surface area contributed by atoms with Gasteiger partial charge in [0.05, 0.1) is 12.4 Å². The summed E-state index contributed by atoms with van der Waals surface area (Å²) in [5.41, 5.74) is 2.58. The van der Waals surface area contributed by atoms with Gasteiger partial charge in [0, 0.05) is 49.4 Å². The van der Waals surface area contributed by atoms with Gasteiger partial charge in [-0.3, -0.25) is 14.4 Å². The monoisotopic (exact) mass is 431 g/mol. The molecule has 0 fully saturated rings. The second-order valence-corrected chi connectivity index (χ2v) is 6.96. The van der Waals surface area contributed by atoms with Gasteiger partial charge >= 0.3 is 0 Å². The molecule has 160 valence electrons. The zero-order valence-corrected chi connectivity index (χ0v) is 17.4. The fraction of sp³-hybridized carbons (Fsp3) is 0.136. The van der Waals surface area contributed by atoms with E-state index in [4.69, 9.17) is 4.74 Å². The molecule has 0 atom stereocenters. The Kier molecular flexibility index (Phi) is 5.39. The van der Waals surface area contributed by atoms with Crippen LogP contribution in [0.4, 0.5) is 10.2 Å². The molecular formula is C22H18FN7O2. The van der Waals surface area contributed by atoms with Crippen molar-refractivity contribution in [2.75, 3.05) is 11.9 Å². The first-order chi connectivity index (χ1) is 15.4. The minimum Gasteiger partial charge on any atom is -0.486 e. The van der Waals surface area contributed by atoms with Crippen LogP contribution in [0.15, 0.2) is 55.8 Å². The lowest BCUT2D eigenvalue weighted by Crippen LogP contribution is -2.26. The molecule has 4 rings (SSSR count). The molecule has 4 heterocycles. The fourth-order valence-electron chi connectivity index (χ4n) is 3.22. The number of nitrogens with zero attached hydrogens (tertiary/aromatic N) is 7. The number of halogens is 1. The van der Waals surface area contributed by atoms with Crippen molar-refractivity contribution in [3.05, 3.63) is 72.7 Å². The molecular weight excluding hydrogens is 413 g/mol. The normalized spacial score (nSPS) is 10.7. The van der Waals surface area contributed by atoms with Crippen molar-refractivity contribution in [3.8, 4) is 22.9 Å². The zero-order chi connectivity index (χ0) is 22.8. The molecule has 9 nitrogen and oxygen atoms in total. The number of carbonyl (C=O) groups is 1. The standard InChI is InChI=1S/C22H18FN7O2/c1-4-19(31)29(3)22-20(23)14(5-6-25-22)13-32-18-7-15(17-10-26-28(2)11-17)12-30-21(18)16(8-24)9-27-30/h4-7,9-12H,1,13H2,2-3H3. The molecule has 4 aromatic heterocycles. The number of aromatic nitrogens is 5. The maximum Gasteiger partial charge on any atom is 0.251 e. The minimum atomic E-state index is -0.682. The topological polar surface area (TPSA) is 101 Å². The van der Waals surface area contributed by atoms with Gasteiger partial charge in [-0.1, -0.05) is 6.58 Å². The van der Waals surface area contributed by atoms with E-state index in [9.17, 15) is 10.1 Å². The van der Waals surface area contributed by atoms with Crippen LogP contribution in [0.3, 0.4) is 0 Å². The van der Waals surface area contributed by atoms with Gasteiger partial charge in [-0.25, -0.2) is 13.9 Å². The highest BCUT2D eigenvalue weighted by atomic mass is 19.1. The summed E-state index contributed by atoms with van der Waals surface area (Å²) in [5.74, 6) is -0.946. The molecule has 0 radical (unpaired) electrons. The van der Waals surface area contributed by atoms with E-state index in [-0.39, 0.29) is 18.0 Å². The molecule has 0 aromatic carbocycles. The zero-order valence-electron chi connectivity index (χ0n) is 17.4. The molecule has 0 saturated carbocycles. The first-order valence-corrected chi connectivity index (χ1v) is 9.49. The second-order valence-electron chi connectivity index (χ2n) is 6.96. The van der Waals surface area contributed by atoms with Gasteiger partial charge in [0.2, 0.25) is 0 Å². The van der Waals surface area contributed by atoms with Gasteiger partial charge in [0.25, 0.3) is 5.91 Å². The number of carbonyl (C=O) groups excluding carboxylic acids is 1. The number of hydrogen-bond donors (Lipinski definition) is 0. The molecule has 4 aromatic rings. The number of anilines is 1. The van der Waals surface area contributed by atoms with Crippen molar-refractivity contribution in [2.24, 2.45) is 7.05 Å². The third kappa shape index (κ3) is 3.67. The highest BCUT2D eigenvalue weighted by molar-refractivity contribution is 6.00. The van der Waals surface area contributed by atoms with Crippen LogP contribution in [0.1, 0.15) is 11.1 Å². The molecule has 0 aliphatic carbocycles. The molecule has 32 heavy (non-hydrogen) atoms. The van der Waals surface area contributed by atoms with E-state index < -0.39 is 11.7 Å². The van der Waals surface area contributed by atoms with E-state index in [2.05, 4.69) is 27.8 Å². The van der Waals surface area contributed by atoms with Crippen molar-refractivity contribution in [2.45, 2.75) is 6.61 Å². The van der Waals surface area contributed by atoms with Crippen LogP contribution in [0, 0.1) is 17.1 Å². The van der Waals surface area contributed by atoms with E-state index >= 15 is 4.39 Å². The number of aryl methyl sites for hydroxylation is 1. The highest BCUT2D eigenvalue weighted by Gasteiger charge is 2.19. The maximum atomic E-state index is 15.0. The molecule has 0 unspecified atom stereocenters. The molecule has 1 amide bonds. The lowest BCUT2D eigenvalue weighted by atomic mass is 10.1. The average molecular weight is 431 g/mol. The van der Waals surface area contributed by atoms with E-state index in [1.807, 2.05) is 6.20 Å². The van der Waals surface area contributed by atoms with Crippen LogP contribution in [-0.2, 0) is 18.4 Å². The Morgan fingerprint density at radius 3 is 2.84 bits per heavy atom. The van der Waals surface area contributed by atoms with Crippen LogP contribution in [0.5, 0.6) is 5.75 Å². The summed E-state index contributed by atoms with van der Waals surface area (Å²) in [6.07, 6.45) is 9.21. The first-order valence-electron chi connectivity index (χ1n) is 9.49. The Morgan fingerprint density at radius 1 is 1.34 bits per heavy atom. The van der Waals surface area contributed by atoms with Gasteiger partial charge in [0.15, 0.2) is 11.6 Å². The molecule has 0 bridgehead atoms. The van der Waals surface area contributed by atoms with Crippen LogP contribution in [0.25, 0.3) is 16.6 Å². The van der Waals surface area contributed by atoms with E-state index in [0.29, 0.717) is 16.8 Å². The Hall–Kier alpha value is -4.52. The van der Waals surface area contributed by atoms with Crippen LogP contribution >= 0.6 is 0 Å². The summed E-state index contributed by atoms with van der Waals surface area (Å²) < 4.78 is 24.2. The summed E-state index contributed by atoms with van der Waals surface area (Å²) in [5, 5.41) is 17.9. The quantitative estimate of drug-likeness (QED) is 0.435. The molecule has 0 saturated heterocycles. The smallest absolute Gasteiger partial charge is 0.251 e. The van der Waals surface area contributed by atoms with Gasteiger partial charge in [-0.05, 0) is 18.2 Å². The first kappa shape index (κ1) is 20.7. The summed E-state index contributed by atoms with van der Waals surface area (Å²) in [6.45, 7) is 3.25. The predicted molar refractivity (Wildman–Crippen MR) is 114 cm³/mol. The van der Waals surface area contributed by atoms with Crippen molar-refractivity contribution in [3.63, 3.8) is 0 Å². The number of hydrogen-bond acceptors (Lipinski definition) is 6. The highest BCUT2D eigenvalue weighted by Crippen LogP contribution is 2.31. The summed E-state index contributed by atoms with van der Waals surface area (Å²) in [4.78, 5) is 16.9. The van der Waals surface area contributed by atoms with E-state index in [1.165, 1.54) is 25.5 Å². The summed E-state index contributed by atoms with van der Waals surface area (Å²) >= 11 is 0. The molecule has 10 heteroatoms. The Morgan fingerprint density at radius 2 is 2.16 bits per heavy atom. The molecule has 0 N–H and O–H groups in total. The van der Waals surface area contributed by atoms with Crippen molar-refractivity contribution in [1.82, 2.24) is 24.4 Å². The Balaban J connectivity index is 1.72. The average Bonchev–Trinajstić information content (AvgIpc) is 3.43. The lowest BCUT2D eigenvalue weighted by Gasteiger charge is -2.17. The van der Waals surface area contributed by atoms with Gasteiger partial charge < -0.3 is 4.74 Å². The second kappa shape index (κ2) is 8.31. The lowest BCUT2D eigenvalue weighted by molar-refractivity contribution is -0.113. The number of likely N-dealkylation sites (N-methyl/N-ethyl adjacent to an activating group) is 1. The SMILES string of the molecule is C=CC(=O)N(C)c1nccc(COc2cc(-c3cnn(C)c3)cn3ncc(C#N)c23)c1F. The molecule has 0 aliphatic heterocycles. The number of pyridine rings is 2. The molecule has 0 aliphatic rings. The number of amides is 1. The largest absolute Gasteiger partial charge is 0.486 e. The van der Waals surface area contributed by atoms with Gasteiger partial charge in [-0.2, -0.15) is 15.5 Å². The van der Waals surface area contributed by atoms with Crippen LogP contribution in [0.2, 0.25) is 0 Å². The summed E-state index contributed by atoms with van der Waals surface area (Å²) in [7, 11) is 3.21. The number of fused-ring (bicyclic) bond motifs is 1. The number of rotatable bonds is 6. The third-order valence-corrected chi connectivity index (χ3v) is 4.89. The van der Waals surface area contributed by atoms with E-state index in [0.717, 1.165) is 22.1 Å². The van der Waals surface area contributed by atoms with E-state index in [1.54, 1.807) is 34.7 Å². The summed E-state index contributed by atoms with van der Waals surface area (Å²) in [6, 6.07) is 5.31. The maximum absolute atomic E-state index is 15.0. The fourth-order valence-corrected chi connectivity index (χ4v) is 3.22. The Bertz CT molecular complexity index is 1380. The van der Waals surface area contributed by atoms with Crippen molar-refractivity contribution < 1.29 is 13.9 Å². The van der Waals surface area contributed by atoms with Crippen LogP contribution in [-0.4, -0.2) is 37.3 Å². The predicted octanol–water partition coefficient (Wildman–Crippen LogP) is 2.87. The van der Waals surface area contributed by atoms with Crippen molar-refractivity contribution in [1.29, 1.82) is 5.26 Å². The third-order valence-electron chi connectivity index (χ3n) is 4.89. The van der Waals surface area contributed by atoms with Crippen LogP contribution < -0.4 is 9.64 Å². The Labute approximate surface area is 182 Å².